The molecule has 0 N–H and O–H groups in total. The summed E-state index contributed by atoms with van der Waals surface area (Å²) in [6, 6.07) is 4.08. The number of carbonyl (C=O) groups excluding carboxylic acids is 1. The first-order valence-corrected chi connectivity index (χ1v) is 7.13. The number of amides is 1. The number of methoxy groups -OCH3 is 1. The molecular formula is C14H17ClN2O4. The van der Waals surface area contributed by atoms with Gasteiger partial charge in [0.15, 0.2) is 0 Å². The molecule has 7 heteroatoms. The number of hydrogen-bond donors (Lipinski definition) is 0. The van der Waals surface area contributed by atoms with Gasteiger partial charge < -0.3 is 9.64 Å². The molecule has 6 nitrogen and oxygen atoms in total. The number of carbonyl (C=O) groups is 1. The molecule has 0 aromatic heterocycles. The van der Waals surface area contributed by atoms with E-state index in [-0.39, 0.29) is 16.6 Å². The molecule has 1 saturated heterocycles. The molecule has 0 aliphatic carbocycles. The van der Waals surface area contributed by atoms with Crippen molar-refractivity contribution in [2.75, 3.05) is 26.8 Å². The molecule has 1 aromatic rings. The maximum atomic E-state index is 12.4. The highest BCUT2D eigenvalue weighted by atomic mass is 35.5. The molecule has 1 aliphatic rings. The predicted octanol–water partition coefficient (Wildman–Crippen LogP) is 2.75. The minimum absolute atomic E-state index is 0.0173. The number of benzene rings is 1. The topological polar surface area (TPSA) is 72.7 Å². The normalized spacial score (nSPS) is 18.6. The number of piperidine rings is 1. The quantitative estimate of drug-likeness (QED) is 0.633. The SMILES string of the molecule is COCC1CCCN(C(=O)c2ccc([N+](=O)[O-])c(Cl)c2)C1. The van der Waals surface area contributed by atoms with Gasteiger partial charge in [0.1, 0.15) is 5.02 Å². The van der Waals surface area contributed by atoms with Gasteiger partial charge in [0.05, 0.1) is 11.5 Å². The molecule has 1 fully saturated rings. The Morgan fingerprint density at radius 3 is 2.95 bits per heavy atom. The Bertz CT molecular complexity index is 548. The minimum Gasteiger partial charge on any atom is -0.384 e. The van der Waals surface area contributed by atoms with Gasteiger partial charge in [-0.2, -0.15) is 0 Å². The summed E-state index contributed by atoms with van der Waals surface area (Å²) in [5.41, 5.74) is 0.188. The number of rotatable bonds is 4. The van der Waals surface area contributed by atoms with E-state index in [1.807, 2.05) is 0 Å². The lowest BCUT2D eigenvalue weighted by atomic mass is 9.98. The van der Waals surface area contributed by atoms with Gasteiger partial charge in [-0.3, -0.25) is 14.9 Å². The van der Waals surface area contributed by atoms with Crippen LogP contribution >= 0.6 is 11.6 Å². The fraction of sp³-hybridized carbons (Fsp3) is 0.500. The van der Waals surface area contributed by atoms with E-state index in [1.54, 1.807) is 12.0 Å². The highest BCUT2D eigenvalue weighted by Gasteiger charge is 2.25. The Kier molecular flexibility index (Phi) is 5.14. The van der Waals surface area contributed by atoms with E-state index in [4.69, 9.17) is 16.3 Å². The number of ether oxygens (including phenoxy) is 1. The molecule has 114 valence electrons. The van der Waals surface area contributed by atoms with Gasteiger partial charge in [-0.1, -0.05) is 11.6 Å². The van der Waals surface area contributed by atoms with Crippen LogP contribution < -0.4 is 0 Å². The van der Waals surface area contributed by atoms with Crippen LogP contribution in [0.1, 0.15) is 23.2 Å². The second kappa shape index (κ2) is 6.87. The number of likely N-dealkylation sites (tertiary alicyclic amines) is 1. The molecule has 0 saturated carbocycles. The zero-order valence-corrected chi connectivity index (χ0v) is 12.5. The van der Waals surface area contributed by atoms with Crippen molar-refractivity contribution in [3.05, 3.63) is 38.9 Å². The van der Waals surface area contributed by atoms with Crippen molar-refractivity contribution in [3.63, 3.8) is 0 Å². The third kappa shape index (κ3) is 3.71. The van der Waals surface area contributed by atoms with Crippen LogP contribution in [0.15, 0.2) is 18.2 Å². The van der Waals surface area contributed by atoms with E-state index in [2.05, 4.69) is 0 Å². The van der Waals surface area contributed by atoms with Crippen molar-refractivity contribution in [2.24, 2.45) is 5.92 Å². The van der Waals surface area contributed by atoms with E-state index in [0.29, 0.717) is 31.2 Å². The van der Waals surface area contributed by atoms with E-state index in [0.717, 1.165) is 12.8 Å². The van der Waals surface area contributed by atoms with Crippen LogP contribution in [0.2, 0.25) is 5.02 Å². The van der Waals surface area contributed by atoms with Crippen LogP contribution in [-0.2, 0) is 4.74 Å². The van der Waals surface area contributed by atoms with Crippen molar-refractivity contribution >= 4 is 23.2 Å². The van der Waals surface area contributed by atoms with Gasteiger partial charge in [-0.05, 0) is 30.9 Å². The van der Waals surface area contributed by atoms with Crippen LogP contribution in [0.5, 0.6) is 0 Å². The molecule has 1 aliphatic heterocycles. The largest absolute Gasteiger partial charge is 0.384 e. The summed E-state index contributed by atoms with van der Waals surface area (Å²) < 4.78 is 5.14. The first kappa shape index (κ1) is 15.7. The molecule has 1 amide bonds. The molecule has 21 heavy (non-hydrogen) atoms. The molecule has 1 atom stereocenters. The highest BCUT2D eigenvalue weighted by molar-refractivity contribution is 6.33. The van der Waals surface area contributed by atoms with Gasteiger partial charge in [-0.15, -0.1) is 0 Å². The number of halogens is 1. The first-order chi connectivity index (χ1) is 10.0. The Morgan fingerprint density at radius 1 is 1.57 bits per heavy atom. The van der Waals surface area contributed by atoms with E-state index >= 15 is 0 Å². The lowest BCUT2D eigenvalue weighted by molar-refractivity contribution is -0.384. The van der Waals surface area contributed by atoms with E-state index in [9.17, 15) is 14.9 Å². The second-order valence-electron chi connectivity index (χ2n) is 5.14. The molecule has 1 unspecified atom stereocenters. The minimum atomic E-state index is -0.563. The maximum Gasteiger partial charge on any atom is 0.287 e. The summed E-state index contributed by atoms with van der Waals surface area (Å²) in [7, 11) is 1.65. The van der Waals surface area contributed by atoms with Crippen molar-refractivity contribution in [3.8, 4) is 0 Å². The number of nitro benzene ring substituents is 1. The summed E-state index contributed by atoms with van der Waals surface area (Å²) in [4.78, 5) is 24.4. The van der Waals surface area contributed by atoms with E-state index in [1.165, 1.54) is 18.2 Å². The van der Waals surface area contributed by atoms with Gasteiger partial charge >= 0.3 is 0 Å². The van der Waals surface area contributed by atoms with Crippen LogP contribution in [0, 0.1) is 16.0 Å². The Balaban J connectivity index is 2.12. The number of nitrogens with zero attached hydrogens (tertiary/aromatic N) is 2. The summed E-state index contributed by atoms with van der Waals surface area (Å²) in [5.74, 6) is 0.189. The van der Waals surface area contributed by atoms with Crippen LogP contribution in [0.3, 0.4) is 0 Å². The standard InChI is InChI=1S/C14H17ClN2O4/c1-21-9-10-3-2-6-16(8-10)14(18)11-4-5-13(17(19)20)12(15)7-11/h4-5,7,10H,2-3,6,8-9H2,1H3. The summed E-state index contributed by atoms with van der Waals surface area (Å²) >= 11 is 5.85. The monoisotopic (exact) mass is 312 g/mol. The molecule has 0 radical (unpaired) electrons. The smallest absolute Gasteiger partial charge is 0.287 e. The summed E-state index contributed by atoms with van der Waals surface area (Å²) in [6.45, 7) is 1.96. The van der Waals surface area contributed by atoms with Gasteiger partial charge in [0.2, 0.25) is 0 Å². The zero-order valence-electron chi connectivity index (χ0n) is 11.8. The average molecular weight is 313 g/mol. The van der Waals surface area contributed by atoms with Gasteiger partial charge in [0.25, 0.3) is 11.6 Å². The van der Waals surface area contributed by atoms with Crippen molar-refractivity contribution in [1.82, 2.24) is 4.90 Å². The fourth-order valence-electron chi connectivity index (χ4n) is 2.59. The Hall–Kier alpha value is -1.66. The van der Waals surface area contributed by atoms with E-state index < -0.39 is 4.92 Å². The van der Waals surface area contributed by atoms with Crippen molar-refractivity contribution in [2.45, 2.75) is 12.8 Å². The first-order valence-electron chi connectivity index (χ1n) is 6.75. The van der Waals surface area contributed by atoms with Crippen molar-refractivity contribution < 1.29 is 14.5 Å². The van der Waals surface area contributed by atoms with Gasteiger partial charge in [0, 0.05) is 31.8 Å². The number of hydrogen-bond acceptors (Lipinski definition) is 4. The molecule has 1 heterocycles. The Labute approximate surface area is 127 Å². The molecule has 1 aromatic carbocycles. The molecule has 0 bridgehead atoms. The highest BCUT2D eigenvalue weighted by Crippen LogP contribution is 2.26. The van der Waals surface area contributed by atoms with Gasteiger partial charge in [-0.25, -0.2) is 0 Å². The molecule has 0 spiro atoms. The lowest BCUT2D eigenvalue weighted by Gasteiger charge is -2.32. The second-order valence-corrected chi connectivity index (χ2v) is 5.55. The third-order valence-electron chi connectivity index (χ3n) is 3.60. The maximum absolute atomic E-state index is 12.4. The predicted molar refractivity (Wildman–Crippen MR) is 78.6 cm³/mol. The Morgan fingerprint density at radius 2 is 2.33 bits per heavy atom. The average Bonchev–Trinajstić information content (AvgIpc) is 2.46. The van der Waals surface area contributed by atoms with Crippen LogP contribution in [-0.4, -0.2) is 42.5 Å². The van der Waals surface area contributed by atoms with Crippen LogP contribution in [0.4, 0.5) is 5.69 Å². The lowest BCUT2D eigenvalue weighted by Crippen LogP contribution is -2.41. The fourth-order valence-corrected chi connectivity index (χ4v) is 2.84. The van der Waals surface area contributed by atoms with Crippen LogP contribution in [0.25, 0.3) is 0 Å². The number of nitro groups is 1. The summed E-state index contributed by atoms with van der Waals surface area (Å²) in [5, 5.41) is 10.7. The zero-order chi connectivity index (χ0) is 15.4. The molecule has 2 rings (SSSR count). The summed E-state index contributed by atoms with van der Waals surface area (Å²) in [6.07, 6.45) is 1.97. The molecular weight excluding hydrogens is 296 g/mol. The third-order valence-corrected chi connectivity index (χ3v) is 3.90. The van der Waals surface area contributed by atoms with Crippen molar-refractivity contribution in [1.29, 1.82) is 0 Å².